The highest BCUT2D eigenvalue weighted by molar-refractivity contribution is 4.72. The summed E-state index contributed by atoms with van der Waals surface area (Å²) in [6, 6.07) is 0. The van der Waals surface area contributed by atoms with E-state index in [9.17, 15) is 10.1 Å². The van der Waals surface area contributed by atoms with Crippen molar-refractivity contribution in [2.24, 2.45) is 11.3 Å². The lowest BCUT2D eigenvalue weighted by Gasteiger charge is -2.27. The second-order valence-corrected chi connectivity index (χ2v) is 4.09. The van der Waals surface area contributed by atoms with Gasteiger partial charge in [0.05, 0.1) is 0 Å². The van der Waals surface area contributed by atoms with E-state index in [0.717, 1.165) is 0 Å². The van der Waals surface area contributed by atoms with Crippen molar-refractivity contribution >= 4 is 0 Å². The summed E-state index contributed by atoms with van der Waals surface area (Å²) in [5.41, 5.74) is -0.0508. The molecule has 0 fully saturated rings. The molecule has 0 aliphatic rings. The summed E-state index contributed by atoms with van der Waals surface area (Å²) in [4.78, 5) is 9.73. The molecule has 0 aromatic heterocycles. The SMILES string of the molecule is CC(C)(C)[C@H](CO)CC[N+](=O)[O-]. The van der Waals surface area contributed by atoms with Crippen molar-refractivity contribution in [2.75, 3.05) is 13.2 Å². The van der Waals surface area contributed by atoms with Crippen LogP contribution in [0.15, 0.2) is 0 Å². The largest absolute Gasteiger partial charge is 0.396 e. The van der Waals surface area contributed by atoms with Crippen molar-refractivity contribution in [1.29, 1.82) is 0 Å². The predicted molar refractivity (Wildman–Crippen MR) is 46.5 cm³/mol. The zero-order valence-electron chi connectivity index (χ0n) is 7.91. The molecule has 0 saturated heterocycles. The standard InChI is InChI=1S/C8H17NO3/c1-8(2,3)7(6-10)4-5-9(11)12/h7,10H,4-6H2,1-3H3/t7-/m0/s1. The Balaban J connectivity index is 3.92. The molecule has 0 aromatic carbocycles. The Morgan fingerprint density at radius 2 is 2.00 bits per heavy atom. The molecular formula is C8H17NO3. The monoisotopic (exact) mass is 175 g/mol. The Bertz CT molecular complexity index is 151. The maximum Gasteiger partial charge on any atom is 0.204 e. The summed E-state index contributed by atoms with van der Waals surface area (Å²) in [6.45, 7) is 5.91. The van der Waals surface area contributed by atoms with Gasteiger partial charge in [-0.25, -0.2) is 0 Å². The third kappa shape index (κ3) is 4.28. The van der Waals surface area contributed by atoms with E-state index in [1.807, 2.05) is 20.8 Å². The highest BCUT2D eigenvalue weighted by atomic mass is 16.6. The zero-order chi connectivity index (χ0) is 9.78. The van der Waals surface area contributed by atoms with Crippen LogP contribution in [-0.4, -0.2) is 23.2 Å². The molecule has 0 spiro atoms. The average molecular weight is 175 g/mol. The van der Waals surface area contributed by atoms with Gasteiger partial charge in [-0.1, -0.05) is 20.8 Å². The van der Waals surface area contributed by atoms with E-state index in [1.165, 1.54) is 0 Å². The first-order chi connectivity index (χ1) is 5.38. The Morgan fingerprint density at radius 1 is 1.50 bits per heavy atom. The molecule has 0 saturated carbocycles. The topological polar surface area (TPSA) is 63.4 Å². The molecular weight excluding hydrogens is 158 g/mol. The smallest absolute Gasteiger partial charge is 0.204 e. The van der Waals surface area contributed by atoms with Gasteiger partial charge in [0.15, 0.2) is 0 Å². The number of nitro groups is 1. The second kappa shape index (κ2) is 4.40. The molecule has 0 rings (SSSR count). The normalized spacial score (nSPS) is 14.3. The summed E-state index contributed by atoms with van der Waals surface area (Å²) in [5, 5.41) is 19.0. The summed E-state index contributed by atoms with van der Waals surface area (Å²) in [5.74, 6) is 0.0166. The molecule has 1 atom stereocenters. The fourth-order valence-corrected chi connectivity index (χ4v) is 1.06. The van der Waals surface area contributed by atoms with Crippen molar-refractivity contribution in [3.05, 3.63) is 10.1 Å². The summed E-state index contributed by atoms with van der Waals surface area (Å²) in [7, 11) is 0. The third-order valence-corrected chi connectivity index (χ3v) is 2.11. The molecule has 0 amide bonds. The van der Waals surface area contributed by atoms with E-state index in [0.29, 0.717) is 6.42 Å². The van der Waals surface area contributed by atoms with E-state index in [-0.39, 0.29) is 29.4 Å². The summed E-state index contributed by atoms with van der Waals surface area (Å²) >= 11 is 0. The van der Waals surface area contributed by atoms with Gasteiger partial charge in [0.1, 0.15) is 0 Å². The average Bonchev–Trinajstić information content (AvgIpc) is 1.85. The van der Waals surface area contributed by atoms with Crippen LogP contribution in [0.25, 0.3) is 0 Å². The zero-order valence-corrected chi connectivity index (χ0v) is 7.91. The molecule has 0 aromatic rings. The Morgan fingerprint density at radius 3 is 2.25 bits per heavy atom. The van der Waals surface area contributed by atoms with E-state index in [4.69, 9.17) is 5.11 Å². The highest BCUT2D eigenvalue weighted by Crippen LogP contribution is 2.27. The van der Waals surface area contributed by atoms with E-state index in [2.05, 4.69) is 0 Å². The first kappa shape index (κ1) is 11.4. The predicted octanol–water partition coefficient (Wildman–Crippen LogP) is 1.31. The molecule has 0 radical (unpaired) electrons. The number of hydrogen-bond donors (Lipinski definition) is 1. The maximum atomic E-state index is 10.1. The number of hydrogen-bond acceptors (Lipinski definition) is 3. The molecule has 12 heavy (non-hydrogen) atoms. The number of aliphatic hydroxyl groups excluding tert-OH is 1. The molecule has 0 aliphatic heterocycles. The van der Waals surface area contributed by atoms with E-state index < -0.39 is 0 Å². The van der Waals surface area contributed by atoms with Crippen LogP contribution in [0.3, 0.4) is 0 Å². The van der Waals surface area contributed by atoms with Crippen LogP contribution in [0.2, 0.25) is 0 Å². The molecule has 72 valence electrons. The lowest BCUT2D eigenvalue weighted by atomic mass is 9.79. The van der Waals surface area contributed by atoms with Crippen LogP contribution in [0.1, 0.15) is 27.2 Å². The maximum absolute atomic E-state index is 10.1. The highest BCUT2D eigenvalue weighted by Gasteiger charge is 2.24. The van der Waals surface area contributed by atoms with Crippen LogP contribution >= 0.6 is 0 Å². The Hall–Kier alpha value is -0.640. The van der Waals surface area contributed by atoms with Gasteiger partial charge in [-0.05, 0) is 11.3 Å². The first-order valence-corrected chi connectivity index (χ1v) is 4.10. The van der Waals surface area contributed by atoms with Gasteiger partial charge < -0.3 is 5.11 Å². The van der Waals surface area contributed by atoms with Crippen molar-refractivity contribution in [2.45, 2.75) is 27.2 Å². The van der Waals surface area contributed by atoms with Crippen LogP contribution in [0.4, 0.5) is 0 Å². The van der Waals surface area contributed by atoms with Gasteiger partial charge in [-0.2, -0.15) is 0 Å². The number of aliphatic hydroxyl groups is 1. The van der Waals surface area contributed by atoms with Crippen LogP contribution in [0.5, 0.6) is 0 Å². The lowest BCUT2D eigenvalue weighted by Crippen LogP contribution is -2.26. The summed E-state index contributed by atoms with van der Waals surface area (Å²) < 4.78 is 0. The van der Waals surface area contributed by atoms with Gasteiger partial charge >= 0.3 is 0 Å². The summed E-state index contributed by atoms with van der Waals surface area (Å²) in [6.07, 6.45) is 0.451. The number of nitrogens with zero attached hydrogens (tertiary/aromatic N) is 1. The quantitative estimate of drug-likeness (QED) is 0.517. The Kier molecular flexibility index (Phi) is 4.17. The fraction of sp³-hybridized carbons (Fsp3) is 1.00. The fourth-order valence-electron chi connectivity index (χ4n) is 1.06. The van der Waals surface area contributed by atoms with E-state index in [1.54, 1.807) is 0 Å². The van der Waals surface area contributed by atoms with Crippen LogP contribution in [-0.2, 0) is 0 Å². The first-order valence-electron chi connectivity index (χ1n) is 4.10. The van der Waals surface area contributed by atoms with Crippen molar-refractivity contribution < 1.29 is 10.0 Å². The molecule has 0 unspecified atom stereocenters. The molecule has 0 aliphatic carbocycles. The lowest BCUT2D eigenvalue weighted by molar-refractivity contribution is -0.482. The Labute approximate surface area is 72.7 Å². The minimum absolute atomic E-state index is 0.0166. The van der Waals surface area contributed by atoms with Gasteiger partial charge in [0.25, 0.3) is 0 Å². The van der Waals surface area contributed by atoms with Crippen LogP contribution < -0.4 is 0 Å². The van der Waals surface area contributed by atoms with Crippen LogP contribution in [0, 0.1) is 21.4 Å². The van der Waals surface area contributed by atoms with Gasteiger partial charge in [-0.15, -0.1) is 0 Å². The van der Waals surface area contributed by atoms with Gasteiger partial charge in [0, 0.05) is 18.0 Å². The van der Waals surface area contributed by atoms with Crippen molar-refractivity contribution in [1.82, 2.24) is 0 Å². The molecule has 0 bridgehead atoms. The van der Waals surface area contributed by atoms with Crippen molar-refractivity contribution in [3.63, 3.8) is 0 Å². The van der Waals surface area contributed by atoms with Gasteiger partial charge in [0.2, 0.25) is 6.54 Å². The molecule has 0 heterocycles. The minimum atomic E-state index is -0.339. The molecule has 4 heteroatoms. The van der Waals surface area contributed by atoms with Crippen molar-refractivity contribution in [3.8, 4) is 0 Å². The second-order valence-electron chi connectivity index (χ2n) is 4.09. The minimum Gasteiger partial charge on any atom is -0.396 e. The molecule has 1 N–H and O–H groups in total. The third-order valence-electron chi connectivity index (χ3n) is 2.11. The van der Waals surface area contributed by atoms with Gasteiger partial charge in [-0.3, -0.25) is 10.1 Å². The number of rotatable bonds is 4. The van der Waals surface area contributed by atoms with E-state index >= 15 is 0 Å². The molecule has 4 nitrogen and oxygen atoms in total.